The highest BCUT2D eigenvalue weighted by atomic mass is 35.5. The fourth-order valence-corrected chi connectivity index (χ4v) is 5.04. The zero-order chi connectivity index (χ0) is 23.9. The van der Waals surface area contributed by atoms with Crippen molar-refractivity contribution in [1.29, 1.82) is 0 Å². The number of para-hydroxylation sites is 2. The number of hydrogen-bond acceptors (Lipinski definition) is 2. The van der Waals surface area contributed by atoms with Gasteiger partial charge in [0.2, 0.25) is 0 Å². The van der Waals surface area contributed by atoms with Gasteiger partial charge in [0.25, 0.3) is 0 Å². The fraction of sp³-hybridized carbons (Fsp3) is 0.391. The summed E-state index contributed by atoms with van der Waals surface area (Å²) in [5.41, 5.74) is 1.48. The van der Waals surface area contributed by atoms with E-state index in [1.54, 1.807) is 16.2 Å². The van der Waals surface area contributed by atoms with Gasteiger partial charge in [-0.05, 0) is 61.9 Å². The molecule has 0 unspecified atom stereocenters. The molecule has 5 nitrogen and oxygen atoms in total. The average molecular weight is 500 g/mol. The van der Waals surface area contributed by atoms with E-state index >= 15 is 0 Å². The molecule has 3 aromatic rings. The van der Waals surface area contributed by atoms with Gasteiger partial charge in [0, 0.05) is 24.7 Å². The van der Waals surface area contributed by atoms with Crippen LogP contribution in [-0.2, 0) is 18.4 Å². The molecule has 0 N–H and O–H groups in total. The summed E-state index contributed by atoms with van der Waals surface area (Å²) < 4.78 is 43.6. The molecule has 1 heterocycles. The molecular formula is C23H22Cl2F3N3O2. The highest BCUT2D eigenvalue weighted by Gasteiger charge is 2.46. The zero-order valence-corrected chi connectivity index (χ0v) is 19.3. The summed E-state index contributed by atoms with van der Waals surface area (Å²) in [6.45, 7) is 0.470. The van der Waals surface area contributed by atoms with Crippen molar-refractivity contribution < 1.29 is 18.0 Å². The van der Waals surface area contributed by atoms with Crippen LogP contribution >= 0.6 is 23.2 Å². The SMILES string of the molecule is Cn1c(=O)n(CC2CCC(N(C(=O)C(F)(F)F)c3cc(Cl)ccc3Cl)CC2)c2ccccc21. The summed E-state index contributed by atoms with van der Waals surface area (Å²) in [7, 11) is 1.72. The number of aromatic nitrogens is 2. The third kappa shape index (κ3) is 4.64. The number of aryl methyl sites for hydroxylation is 1. The van der Waals surface area contributed by atoms with Crippen molar-refractivity contribution >= 4 is 45.8 Å². The molecule has 2 aromatic carbocycles. The summed E-state index contributed by atoms with van der Waals surface area (Å²) in [6, 6.07) is 10.9. The number of carbonyl (C=O) groups excluding carboxylic acids is 1. The van der Waals surface area contributed by atoms with E-state index in [9.17, 15) is 22.8 Å². The number of carbonyl (C=O) groups is 1. The normalized spacial score (nSPS) is 19.1. The number of hydrogen-bond donors (Lipinski definition) is 0. The van der Waals surface area contributed by atoms with Crippen LogP contribution in [0.1, 0.15) is 25.7 Å². The molecular weight excluding hydrogens is 478 g/mol. The van der Waals surface area contributed by atoms with Gasteiger partial charge in [0.15, 0.2) is 0 Å². The van der Waals surface area contributed by atoms with Gasteiger partial charge in [-0.1, -0.05) is 35.3 Å². The Morgan fingerprint density at radius 1 is 1.06 bits per heavy atom. The number of fused-ring (bicyclic) bond motifs is 1. The minimum absolute atomic E-state index is 0.0291. The van der Waals surface area contributed by atoms with Crippen molar-refractivity contribution in [1.82, 2.24) is 9.13 Å². The van der Waals surface area contributed by atoms with Crippen LogP contribution in [0.2, 0.25) is 10.0 Å². The monoisotopic (exact) mass is 499 g/mol. The Morgan fingerprint density at radius 3 is 2.33 bits per heavy atom. The summed E-state index contributed by atoms with van der Waals surface area (Å²) in [6.07, 6.45) is -3.19. The van der Waals surface area contributed by atoms with Gasteiger partial charge in [-0.2, -0.15) is 13.2 Å². The number of halogens is 5. The van der Waals surface area contributed by atoms with Gasteiger partial charge < -0.3 is 0 Å². The standard InChI is InChI=1S/C23H22Cl2F3N3O2/c1-29-18-4-2-3-5-19(18)30(22(29)33)13-14-6-9-16(10-7-14)31(21(32)23(26,27)28)20-12-15(24)8-11-17(20)25/h2-5,8,11-12,14,16H,6-7,9-10,13H2,1H3. The first-order valence-electron chi connectivity index (χ1n) is 10.6. The Hall–Kier alpha value is -2.45. The lowest BCUT2D eigenvalue weighted by Crippen LogP contribution is -2.49. The molecule has 33 heavy (non-hydrogen) atoms. The van der Waals surface area contributed by atoms with E-state index in [2.05, 4.69) is 0 Å². The molecule has 0 radical (unpaired) electrons. The van der Waals surface area contributed by atoms with E-state index in [0.29, 0.717) is 32.2 Å². The summed E-state index contributed by atoms with van der Waals surface area (Å²) in [4.78, 5) is 25.8. The predicted molar refractivity (Wildman–Crippen MR) is 123 cm³/mol. The molecule has 1 aromatic heterocycles. The second-order valence-electron chi connectivity index (χ2n) is 8.38. The van der Waals surface area contributed by atoms with Crippen LogP contribution in [0.15, 0.2) is 47.3 Å². The van der Waals surface area contributed by atoms with Gasteiger partial charge in [0.1, 0.15) is 0 Å². The molecule has 0 aliphatic heterocycles. The molecule has 1 amide bonds. The lowest BCUT2D eigenvalue weighted by atomic mass is 9.85. The van der Waals surface area contributed by atoms with Crippen LogP contribution in [-0.4, -0.2) is 27.3 Å². The predicted octanol–water partition coefficient (Wildman–Crippen LogP) is 5.80. The number of nitrogens with zero attached hydrogens (tertiary/aromatic N) is 3. The molecule has 0 saturated heterocycles. The number of amides is 1. The second-order valence-corrected chi connectivity index (χ2v) is 9.23. The highest BCUT2D eigenvalue weighted by Crippen LogP contribution is 2.38. The summed E-state index contributed by atoms with van der Waals surface area (Å²) >= 11 is 12.1. The van der Waals surface area contributed by atoms with Gasteiger partial charge in [-0.15, -0.1) is 0 Å². The van der Waals surface area contributed by atoms with Crippen molar-refractivity contribution in [2.45, 2.75) is 44.4 Å². The Labute approximate surface area is 198 Å². The largest absolute Gasteiger partial charge is 0.471 e. The first-order valence-corrected chi connectivity index (χ1v) is 11.3. The number of benzene rings is 2. The Morgan fingerprint density at radius 2 is 1.70 bits per heavy atom. The van der Waals surface area contributed by atoms with Crippen molar-refractivity contribution in [3.05, 3.63) is 63.0 Å². The zero-order valence-electron chi connectivity index (χ0n) is 17.8. The topological polar surface area (TPSA) is 47.2 Å². The van der Waals surface area contributed by atoms with E-state index in [-0.39, 0.29) is 27.3 Å². The van der Waals surface area contributed by atoms with E-state index < -0.39 is 18.1 Å². The molecule has 10 heteroatoms. The lowest BCUT2D eigenvalue weighted by molar-refractivity contribution is -0.171. The van der Waals surface area contributed by atoms with E-state index in [1.807, 2.05) is 24.3 Å². The maximum Gasteiger partial charge on any atom is 0.471 e. The second kappa shape index (κ2) is 9.06. The molecule has 1 aliphatic carbocycles. The molecule has 0 bridgehead atoms. The lowest BCUT2D eigenvalue weighted by Gasteiger charge is -2.37. The van der Waals surface area contributed by atoms with E-state index in [4.69, 9.17) is 23.2 Å². The van der Waals surface area contributed by atoms with Gasteiger partial charge in [0.05, 0.1) is 21.7 Å². The number of imidazole rings is 1. The maximum atomic E-state index is 13.4. The molecule has 4 rings (SSSR count). The van der Waals surface area contributed by atoms with Gasteiger partial charge in [-0.25, -0.2) is 4.79 Å². The van der Waals surface area contributed by atoms with Crippen LogP contribution in [0, 0.1) is 5.92 Å². The Bertz CT molecular complexity index is 1240. The van der Waals surface area contributed by atoms with Crippen molar-refractivity contribution in [3.63, 3.8) is 0 Å². The maximum absolute atomic E-state index is 13.4. The minimum atomic E-state index is -5.04. The van der Waals surface area contributed by atoms with Gasteiger partial charge >= 0.3 is 17.8 Å². The molecule has 0 atom stereocenters. The van der Waals surface area contributed by atoms with E-state index in [1.165, 1.54) is 18.2 Å². The Balaban J connectivity index is 1.56. The Kier molecular flexibility index (Phi) is 6.51. The number of alkyl halides is 3. The smallest absolute Gasteiger partial charge is 0.300 e. The highest BCUT2D eigenvalue weighted by molar-refractivity contribution is 6.35. The molecule has 176 valence electrons. The van der Waals surface area contributed by atoms with Crippen LogP contribution in [0.5, 0.6) is 0 Å². The number of rotatable bonds is 4. The van der Waals surface area contributed by atoms with Crippen molar-refractivity contribution in [2.75, 3.05) is 4.90 Å². The molecule has 1 aliphatic rings. The number of anilines is 1. The minimum Gasteiger partial charge on any atom is -0.300 e. The first-order chi connectivity index (χ1) is 15.6. The van der Waals surface area contributed by atoms with Crippen molar-refractivity contribution in [3.8, 4) is 0 Å². The van der Waals surface area contributed by atoms with Crippen LogP contribution in [0.3, 0.4) is 0 Å². The van der Waals surface area contributed by atoms with Crippen molar-refractivity contribution in [2.24, 2.45) is 13.0 Å². The first kappa shape index (κ1) is 23.7. The molecule has 0 spiro atoms. The van der Waals surface area contributed by atoms with Crippen LogP contribution in [0.4, 0.5) is 18.9 Å². The average Bonchev–Trinajstić information content (AvgIpc) is 3.02. The van der Waals surface area contributed by atoms with Crippen LogP contribution in [0.25, 0.3) is 11.0 Å². The quantitative estimate of drug-likeness (QED) is 0.455. The fourth-order valence-electron chi connectivity index (χ4n) is 4.66. The summed E-state index contributed by atoms with van der Waals surface area (Å²) in [5.74, 6) is -1.86. The van der Waals surface area contributed by atoms with Gasteiger partial charge in [-0.3, -0.25) is 18.8 Å². The molecule has 1 saturated carbocycles. The molecule has 1 fully saturated rings. The van der Waals surface area contributed by atoms with E-state index in [0.717, 1.165) is 15.9 Å². The van der Waals surface area contributed by atoms with Crippen LogP contribution < -0.4 is 10.6 Å². The third-order valence-electron chi connectivity index (χ3n) is 6.30. The summed E-state index contributed by atoms with van der Waals surface area (Å²) in [5, 5.41) is 0.222. The third-order valence-corrected chi connectivity index (χ3v) is 6.86.